The molecule has 0 amide bonds. The number of carbonyl (C=O) groups excluding carboxylic acids is 1. The molecular formula is C15H28O3. The smallest absolute Gasteiger partial charge is 0.312 e. The molecule has 3 nitrogen and oxygen atoms in total. The standard InChI is InChI=1S/C15H28O3/c1-5-12-7-9-15(17,10-8-12)13(11(3)4)14(16)18-6-2/h11-13,17H,5-10H2,1-4H3. The van der Waals surface area contributed by atoms with Crippen molar-refractivity contribution in [3.8, 4) is 0 Å². The van der Waals surface area contributed by atoms with E-state index in [0.29, 0.717) is 12.5 Å². The van der Waals surface area contributed by atoms with Gasteiger partial charge in [0.05, 0.1) is 18.1 Å². The van der Waals surface area contributed by atoms with Gasteiger partial charge in [-0.1, -0.05) is 27.2 Å². The lowest BCUT2D eigenvalue weighted by molar-refractivity contribution is -0.166. The maximum Gasteiger partial charge on any atom is 0.312 e. The summed E-state index contributed by atoms with van der Waals surface area (Å²) in [5.74, 6) is 0.215. The molecule has 0 aliphatic heterocycles. The summed E-state index contributed by atoms with van der Waals surface area (Å²) in [6.07, 6.45) is 4.67. The maximum atomic E-state index is 12.1. The number of aliphatic hydroxyl groups is 1. The molecular weight excluding hydrogens is 228 g/mol. The fourth-order valence-corrected chi connectivity index (χ4v) is 3.24. The average Bonchev–Trinajstić information content (AvgIpc) is 2.29. The van der Waals surface area contributed by atoms with E-state index >= 15 is 0 Å². The van der Waals surface area contributed by atoms with Crippen LogP contribution in [0, 0.1) is 17.8 Å². The first-order chi connectivity index (χ1) is 8.44. The van der Waals surface area contributed by atoms with Gasteiger partial charge in [0.1, 0.15) is 0 Å². The van der Waals surface area contributed by atoms with E-state index in [1.807, 2.05) is 20.8 Å². The van der Waals surface area contributed by atoms with Gasteiger partial charge in [-0.2, -0.15) is 0 Å². The van der Waals surface area contributed by atoms with Crippen LogP contribution in [-0.4, -0.2) is 23.3 Å². The van der Waals surface area contributed by atoms with Gasteiger partial charge in [-0.3, -0.25) is 4.79 Å². The lowest BCUT2D eigenvalue weighted by Crippen LogP contribution is -2.48. The summed E-state index contributed by atoms with van der Waals surface area (Å²) in [7, 11) is 0. The van der Waals surface area contributed by atoms with Crippen LogP contribution in [0.1, 0.15) is 59.8 Å². The quantitative estimate of drug-likeness (QED) is 0.769. The Kier molecular flexibility index (Phi) is 5.64. The van der Waals surface area contributed by atoms with Crippen molar-refractivity contribution in [1.29, 1.82) is 0 Å². The Morgan fingerprint density at radius 2 is 1.89 bits per heavy atom. The molecule has 1 fully saturated rings. The van der Waals surface area contributed by atoms with Crippen molar-refractivity contribution in [3.05, 3.63) is 0 Å². The highest BCUT2D eigenvalue weighted by molar-refractivity contribution is 5.74. The maximum absolute atomic E-state index is 12.1. The zero-order valence-corrected chi connectivity index (χ0v) is 12.2. The number of ether oxygens (including phenoxy) is 1. The number of esters is 1. The molecule has 106 valence electrons. The van der Waals surface area contributed by atoms with Gasteiger partial charge >= 0.3 is 5.97 Å². The first-order valence-electron chi connectivity index (χ1n) is 7.33. The summed E-state index contributed by atoms with van der Waals surface area (Å²) in [6, 6.07) is 0. The largest absolute Gasteiger partial charge is 0.466 e. The van der Waals surface area contributed by atoms with Gasteiger partial charge in [0.2, 0.25) is 0 Å². The zero-order chi connectivity index (χ0) is 13.8. The van der Waals surface area contributed by atoms with E-state index < -0.39 is 5.60 Å². The summed E-state index contributed by atoms with van der Waals surface area (Å²) in [6.45, 7) is 8.38. The SMILES string of the molecule is CCOC(=O)C(C(C)C)C1(O)CCC(CC)CC1. The Morgan fingerprint density at radius 1 is 1.33 bits per heavy atom. The van der Waals surface area contributed by atoms with Crippen LogP contribution in [0.3, 0.4) is 0 Å². The minimum atomic E-state index is -0.855. The van der Waals surface area contributed by atoms with Crippen LogP contribution in [0.5, 0.6) is 0 Å². The van der Waals surface area contributed by atoms with Gasteiger partial charge in [0, 0.05) is 0 Å². The summed E-state index contributed by atoms with van der Waals surface area (Å²) in [5.41, 5.74) is -0.855. The lowest BCUT2D eigenvalue weighted by Gasteiger charge is -2.42. The van der Waals surface area contributed by atoms with E-state index in [1.165, 1.54) is 6.42 Å². The molecule has 1 saturated carbocycles. The molecule has 1 rings (SSSR count). The Balaban J connectivity index is 2.76. The molecule has 0 heterocycles. The molecule has 0 aromatic carbocycles. The highest BCUT2D eigenvalue weighted by Crippen LogP contribution is 2.41. The van der Waals surface area contributed by atoms with Crippen LogP contribution < -0.4 is 0 Å². The Hall–Kier alpha value is -0.570. The fourth-order valence-electron chi connectivity index (χ4n) is 3.24. The van der Waals surface area contributed by atoms with Crippen molar-refractivity contribution in [2.45, 2.75) is 65.4 Å². The molecule has 1 unspecified atom stereocenters. The normalized spacial score (nSPS) is 30.2. The van der Waals surface area contributed by atoms with Crippen molar-refractivity contribution in [2.24, 2.45) is 17.8 Å². The number of hydrogen-bond acceptors (Lipinski definition) is 3. The number of carbonyl (C=O) groups is 1. The molecule has 1 atom stereocenters. The first-order valence-corrected chi connectivity index (χ1v) is 7.33. The minimum Gasteiger partial charge on any atom is -0.466 e. The predicted molar refractivity (Wildman–Crippen MR) is 72.2 cm³/mol. The first kappa shape index (κ1) is 15.5. The van der Waals surface area contributed by atoms with Gasteiger partial charge in [0.25, 0.3) is 0 Å². The Morgan fingerprint density at radius 3 is 2.28 bits per heavy atom. The molecule has 0 bridgehead atoms. The third kappa shape index (κ3) is 3.47. The molecule has 0 radical (unpaired) electrons. The second kappa shape index (κ2) is 6.55. The topological polar surface area (TPSA) is 46.5 Å². The second-order valence-electron chi connectivity index (χ2n) is 5.93. The summed E-state index contributed by atoms with van der Waals surface area (Å²) in [4.78, 5) is 12.1. The van der Waals surface area contributed by atoms with Crippen LogP contribution in [0.25, 0.3) is 0 Å². The average molecular weight is 256 g/mol. The lowest BCUT2D eigenvalue weighted by atomic mass is 9.68. The zero-order valence-electron chi connectivity index (χ0n) is 12.2. The molecule has 1 aliphatic rings. The summed E-state index contributed by atoms with van der Waals surface area (Å²) in [5, 5.41) is 10.8. The summed E-state index contributed by atoms with van der Waals surface area (Å²) >= 11 is 0. The highest BCUT2D eigenvalue weighted by atomic mass is 16.5. The third-order valence-corrected chi connectivity index (χ3v) is 4.33. The van der Waals surface area contributed by atoms with Gasteiger partial charge < -0.3 is 9.84 Å². The van der Waals surface area contributed by atoms with Crippen molar-refractivity contribution in [1.82, 2.24) is 0 Å². The molecule has 0 spiro atoms. The fraction of sp³-hybridized carbons (Fsp3) is 0.933. The van der Waals surface area contributed by atoms with Gasteiger partial charge in [-0.15, -0.1) is 0 Å². The van der Waals surface area contributed by atoms with Crippen LogP contribution in [0.2, 0.25) is 0 Å². The van der Waals surface area contributed by atoms with E-state index in [0.717, 1.165) is 25.7 Å². The van der Waals surface area contributed by atoms with Crippen LogP contribution in [-0.2, 0) is 9.53 Å². The molecule has 3 heteroatoms. The molecule has 1 aliphatic carbocycles. The Labute approximate surface area is 111 Å². The second-order valence-corrected chi connectivity index (χ2v) is 5.93. The molecule has 1 N–H and O–H groups in total. The predicted octanol–water partition coefficient (Wildman–Crippen LogP) is 3.15. The van der Waals surface area contributed by atoms with Crippen LogP contribution >= 0.6 is 0 Å². The van der Waals surface area contributed by atoms with E-state index in [9.17, 15) is 9.90 Å². The minimum absolute atomic E-state index is 0.118. The van der Waals surface area contributed by atoms with Crippen molar-refractivity contribution in [3.63, 3.8) is 0 Å². The van der Waals surface area contributed by atoms with E-state index in [2.05, 4.69) is 6.92 Å². The molecule has 0 aromatic rings. The van der Waals surface area contributed by atoms with Gasteiger partial charge in [-0.05, 0) is 44.4 Å². The third-order valence-electron chi connectivity index (χ3n) is 4.33. The molecule has 18 heavy (non-hydrogen) atoms. The van der Waals surface area contributed by atoms with Crippen LogP contribution in [0.4, 0.5) is 0 Å². The van der Waals surface area contributed by atoms with Crippen molar-refractivity contribution in [2.75, 3.05) is 6.61 Å². The number of hydrogen-bond donors (Lipinski definition) is 1. The van der Waals surface area contributed by atoms with Crippen molar-refractivity contribution < 1.29 is 14.6 Å². The van der Waals surface area contributed by atoms with E-state index in [4.69, 9.17) is 4.74 Å². The van der Waals surface area contributed by atoms with E-state index in [1.54, 1.807) is 0 Å². The van der Waals surface area contributed by atoms with Gasteiger partial charge in [0.15, 0.2) is 0 Å². The van der Waals surface area contributed by atoms with Crippen molar-refractivity contribution >= 4 is 5.97 Å². The highest BCUT2D eigenvalue weighted by Gasteiger charge is 2.45. The van der Waals surface area contributed by atoms with E-state index in [-0.39, 0.29) is 17.8 Å². The monoisotopic (exact) mass is 256 g/mol. The molecule has 0 saturated heterocycles. The molecule has 0 aromatic heterocycles. The summed E-state index contributed by atoms with van der Waals surface area (Å²) < 4.78 is 5.14. The Bertz CT molecular complexity index is 265. The number of rotatable bonds is 5. The van der Waals surface area contributed by atoms with Gasteiger partial charge in [-0.25, -0.2) is 0 Å². The van der Waals surface area contributed by atoms with Crippen LogP contribution in [0.15, 0.2) is 0 Å².